The van der Waals surface area contributed by atoms with Gasteiger partial charge < -0.3 is 25.0 Å². The van der Waals surface area contributed by atoms with Crippen LogP contribution in [0.1, 0.15) is 36.7 Å². The molecule has 1 fully saturated rings. The minimum absolute atomic E-state index is 0.131. The van der Waals surface area contributed by atoms with Crippen molar-refractivity contribution in [3.63, 3.8) is 0 Å². The summed E-state index contributed by atoms with van der Waals surface area (Å²) in [6, 6.07) is 6.52. The number of nitrogens with zero attached hydrogens (tertiary/aromatic N) is 2. The first kappa shape index (κ1) is 25.1. The number of ether oxygens (including phenoxy) is 1. The van der Waals surface area contributed by atoms with E-state index in [0.717, 1.165) is 24.3 Å². The molecule has 0 aromatic heterocycles. The number of hydrogen-bond acceptors (Lipinski definition) is 5. The Labute approximate surface area is 193 Å². The first-order chi connectivity index (χ1) is 15.8. The monoisotopic (exact) mass is 483 g/mol. The van der Waals surface area contributed by atoms with Gasteiger partial charge in [-0.05, 0) is 51.1 Å². The van der Waals surface area contributed by atoms with Crippen molar-refractivity contribution in [1.82, 2.24) is 4.90 Å². The Morgan fingerprint density at radius 2 is 1.68 bits per heavy atom. The van der Waals surface area contributed by atoms with Crippen LogP contribution < -0.4 is 10.2 Å². The van der Waals surface area contributed by atoms with Gasteiger partial charge >= 0.3 is 12.3 Å². The van der Waals surface area contributed by atoms with Gasteiger partial charge in [0, 0.05) is 31.7 Å². The highest BCUT2D eigenvalue weighted by Crippen LogP contribution is 2.42. The molecule has 1 saturated heterocycles. The number of rotatable bonds is 3. The average Bonchev–Trinajstić information content (AvgIpc) is 2.73. The number of carbonyl (C=O) groups is 2. The largest absolute Gasteiger partial charge is 0.505 e. The number of anilines is 2. The second-order valence-corrected chi connectivity index (χ2v) is 8.77. The molecule has 0 radical (unpaired) electrons. The van der Waals surface area contributed by atoms with E-state index in [4.69, 9.17) is 4.74 Å². The van der Waals surface area contributed by atoms with Crippen molar-refractivity contribution in [3.05, 3.63) is 53.3 Å². The predicted molar refractivity (Wildman–Crippen MR) is 117 cm³/mol. The summed E-state index contributed by atoms with van der Waals surface area (Å²) in [5.41, 5.74) is -2.56. The van der Waals surface area contributed by atoms with E-state index in [2.05, 4.69) is 5.32 Å². The molecule has 0 saturated carbocycles. The number of aromatic hydroxyl groups is 1. The van der Waals surface area contributed by atoms with Crippen LogP contribution in [0.4, 0.5) is 33.7 Å². The van der Waals surface area contributed by atoms with Gasteiger partial charge in [-0.15, -0.1) is 0 Å². The zero-order chi connectivity index (χ0) is 25.3. The van der Waals surface area contributed by atoms with E-state index in [-0.39, 0.29) is 37.4 Å². The molecule has 0 aliphatic carbocycles. The molecule has 0 unspecified atom stereocenters. The van der Waals surface area contributed by atoms with Crippen LogP contribution in [-0.4, -0.2) is 53.8 Å². The highest BCUT2D eigenvalue weighted by Gasteiger charge is 2.39. The fraction of sp³-hybridized carbons (Fsp3) is 0.391. The maximum atomic E-state index is 14.1. The summed E-state index contributed by atoms with van der Waals surface area (Å²) in [6.45, 7) is 5.77. The quantitative estimate of drug-likeness (QED) is 0.610. The lowest BCUT2D eigenvalue weighted by molar-refractivity contribution is -0.136. The van der Waals surface area contributed by atoms with E-state index < -0.39 is 46.6 Å². The number of phenolic OH excluding ortho intramolecular Hbond substituents is 1. The molecule has 0 atom stereocenters. The second-order valence-electron chi connectivity index (χ2n) is 8.77. The number of phenols is 1. The van der Waals surface area contributed by atoms with Crippen molar-refractivity contribution in [1.29, 1.82) is 0 Å². The first-order valence-corrected chi connectivity index (χ1v) is 10.5. The summed E-state index contributed by atoms with van der Waals surface area (Å²) in [6.07, 6.45) is -5.33. The molecule has 1 aliphatic heterocycles. The normalized spacial score (nSPS) is 14.7. The van der Waals surface area contributed by atoms with E-state index in [0.29, 0.717) is 0 Å². The van der Waals surface area contributed by atoms with Crippen LogP contribution in [0.5, 0.6) is 5.75 Å². The maximum absolute atomic E-state index is 14.1. The third-order valence-electron chi connectivity index (χ3n) is 5.05. The van der Waals surface area contributed by atoms with Crippen LogP contribution in [0, 0.1) is 5.82 Å². The van der Waals surface area contributed by atoms with Crippen LogP contribution in [0.25, 0.3) is 0 Å². The molecule has 2 N–H and O–H groups in total. The number of halogens is 4. The number of benzene rings is 2. The van der Waals surface area contributed by atoms with Gasteiger partial charge in [0.2, 0.25) is 0 Å². The van der Waals surface area contributed by atoms with E-state index in [9.17, 15) is 32.3 Å². The molecule has 184 valence electrons. The molecule has 3 rings (SSSR count). The highest BCUT2D eigenvalue weighted by atomic mass is 19.4. The van der Waals surface area contributed by atoms with Gasteiger partial charge in [0.1, 0.15) is 11.2 Å². The molecule has 2 amide bonds. The van der Waals surface area contributed by atoms with Gasteiger partial charge in [0.05, 0.1) is 11.4 Å². The summed E-state index contributed by atoms with van der Waals surface area (Å²) in [4.78, 5) is 27.7. The molecule has 2 aromatic carbocycles. The van der Waals surface area contributed by atoms with Crippen molar-refractivity contribution in [2.75, 3.05) is 36.4 Å². The Morgan fingerprint density at radius 3 is 2.24 bits per heavy atom. The minimum atomic E-state index is -4.80. The lowest BCUT2D eigenvalue weighted by atomic mass is 10.1. The fourth-order valence-corrected chi connectivity index (χ4v) is 3.51. The summed E-state index contributed by atoms with van der Waals surface area (Å²) in [5.74, 6) is -2.69. The third kappa shape index (κ3) is 5.89. The van der Waals surface area contributed by atoms with Gasteiger partial charge in [-0.3, -0.25) is 4.79 Å². The van der Waals surface area contributed by atoms with Gasteiger partial charge in [0.25, 0.3) is 5.91 Å². The number of nitrogens with one attached hydrogen (secondary N) is 1. The highest BCUT2D eigenvalue weighted by molar-refractivity contribution is 6.05. The molecule has 1 heterocycles. The SMILES string of the molecule is CC(C)(C)OC(=O)N1CCN(c2cccc(NC(=O)c3ccc(F)c(O)c3)c2C(F)(F)F)CC1. The molecule has 34 heavy (non-hydrogen) atoms. The summed E-state index contributed by atoms with van der Waals surface area (Å²) in [7, 11) is 0. The minimum Gasteiger partial charge on any atom is -0.505 e. The Kier molecular flexibility index (Phi) is 6.94. The summed E-state index contributed by atoms with van der Waals surface area (Å²) < 4.78 is 60.8. The van der Waals surface area contributed by atoms with Gasteiger partial charge in [-0.2, -0.15) is 13.2 Å². The Balaban J connectivity index is 1.83. The Morgan fingerprint density at radius 1 is 1.03 bits per heavy atom. The lowest BCUT2D eigenvalue weighted by Gasteiger charge is -2.38. The third-order valence-corrected chi connectivity index (χ3v) is 5.05. The Hall–Kier alpha value is -3.50. The fourth-order valence-electron chi connectivity index (χ4n) is 3.51. The molecule has 11 heteroatoms. The molecule has 7 nitrogen and oxygen atoms in total. The van der Waals surface area contributed by atoms with E-state index in [1.54, 1.807) is 20.8 Å². The topological polar surface area (TPSA) is 82.1 Å². The van der Waals surface area contributed by atoms with Gasteiger partial charge in [0.15, 0.2) is 11.6 Å². The van der Waals surface area contributed by atoms with Gasteiger partial charge in [-0.1, -0.05) is 6.07 Å². The average molecular weight is 483 g/mol. The van der Waals surface area contributed by atoms with Crippen LogP contribution in [0.15, 0.2) is 36.4 Å². The summed E-state index contributed by atoms with van der Waals surface area (Å²) in [5, 5.41) is 11.7. The number of alkyl halides is 3. The first-order valence-electron chi connectivity index (χ1n) is 10.5. The zero-order valence-electron chi connectivity index (χ0n) is 18.9. The van der Waals surface area contributed by atoms with E-state index in [1.165, 1.54) is 21.9 Å². The molecule has 0 spiro atoms. The zero-order valence-corrected chi connectivity index (χ0v) is 18.9. The smallest absolute Gasteiger partial charge is 0.420 e. The van der Waals surface area contributed by atoms with Crippen LogP contribution in [0.3, 0.4) is 0 Å². The predicted octanol–water partition coefficient (Wildman–Crippen LogP) is 4.86. The standard InChI is InChI=1S/C23H25F4N3O4/c1-22(2,3)34-21(33)30-11-9-29(10-12-30)17-6-4-5-16(19(17)23(25,26)27)28-20(32)14-7-8-15(24)18(31)13-14/h4-8,13,31H,9-12H2,1-3H3,(H,28,32). The molecule has 2 aromatic rings. The van der Waals surface area contributed by atoms with Crippen molar-refractivity contribution in [2.24, 2.45) is 0 Å². The second kappa shape index (κ2) is 9.40. The van der Waals surface area contributed by atoms with Gasteiger partial charge in [-0.25, -0.2) is 9.18 Å². The molecule has 1 aliphatic rings. The van der Waals surface area contributed by atoms with E-state index in [1.807, 2.05) is 0 Å². The molecular formula is C23H25F4N3O4. The Bertz CT molecular complexity index is 1070. The molecule has 0 bridgehead atoms. The van der Waals surface area contributed by atoms with Crippen molar-refractivity contribution in [2.45, 2.75) is 32.5 Å². The molecular weight excluding hydrogens is 458 g/mol. The maximum Gasteiger partial charge on any atom is 0.420 e. The van der Waals surface area contributed by atoms with Crippen molar-refractivity contribution in [3.8, 4) is 5.75 Å². The van der Waals surface area contributed by atoms with Crippen LogP contribution in [0.2, 0.25) is 0 Å². The number of piperazine rings is 1. The van der Waals surface area contributed by atoms with Crippen molar-refractivity contribution >= 4 is 23.4 Å². The van der Waals surface area contributed by atoms with Crippen molar-refractivity contribution < 1.29 is 37.0 Å². The number of carbonyl (C=O) groups excluding carboxylic acids is 2. The summed E-state index contributed by atoms with van der Waals surface area (Å²) >= 11 is 0. The van der Waals surface area contributed by atoms with Crippen LogP contribution in [-0.2, 0) is 10.9 Å². The van der Waals surface area contributed by atoms with Crippen LogP contribution >= 0.6 is 0 Å². The van der Waals surface area contributed by atoms with E-state index >= 15 is 0 Å². The number of amides is 2. The number of hydrogen-bond donors (Lipinski definition) is 2. The lowest BCUT2D eigenvalue weighted by Crippen LogP contribution is -2.50.